The van der Waals surface area contributed by atoms with Crippen molar-refractivity contribution in [2.24, 2.45) is 0 Å². The van der Waals surface area contributed by atoms with E-state index >= 15 is 0 Å². The second-order valence-electron chi connectivity index (χ2n) is 3.87. The maximum atomic E-state index is 11.6. The summed E-state index contributed by atoms with van der Waals surface area (Å²) in [5.41, 5.74) is 7.17. The third-order valence-electron chi connectivity index (χ3n) is 2.70. The molecular formula is C12H10N4O2S. The Morgan fingerprint density at radius 3 is 3.00 bits per heavy atom. The average Bonchev–Trinajstić information content (AvgIpc) is 3.05. The lowest BCUT2D eigenvalue weighted by atomic mass is 10.2. The third kappa shape index (κ3) is 1.84. The van der Waals surface area contributed by atoms with E-state index in [1.54, 1.807) is 21.9 Å². The van der Waals surface area contributed by atoms with Crippen molar-refractivity contribution in [2.45, 2.75) is 0 Å². The van der Waals surface area contributed by atoms with Crippen LogP contribution in [-0.2, 0) is 4.74 Å². The molecule has 2 N–H and O–H groups in total. The second-order valence-corrected chi connectivity index (χ2v) is 4.82. The van der Waals surface area contributed by atoms with Crippen LogP contribution in [0, 0.1) is 0 Å². The monoisotopic (exact) mass is 274 g/mol. The van der Waals surface area contributed by atoms with Crippen molar-refractivity contribution in [2.75, 3.05) is 12.8 Å². The fraction of sp³-hybridized carbons (Fsp3) is 0.0833. The van der Waals surface area contributed by atoms with Crippen molar-refractivity contribution in [3.8, 4) is 10.7 Å². The van der Waals surface area contributed by atoms with Gasteiger partial charge >= 0.3 is 5.97 Å². The minimum Gasteiger partial charge on any atom is -0.465 e. The number of nitrogens with zero attached hydrogens (tertiary/aromatic N) is 3. The van der Waals surface area contributed by atoms with Gasteiger partial charge in [0.25, 0.3) is 0 Å². The first-order chi connectivity index (χ1) is 9.20. The van der Waals surface area contributed by atoms with Crippen LogP contribution >= 0.6 is 11.3 Å². The summed E-state index contributed by atoms with van der Waals surface area (Å²) in [5, 5.41) is 10.1. The molecule has 0 aliphatic carbocycles. The van der Waals surface area contributed by atoms with Gasteiger partial charge in [-0.25, -0.2) is 4.79 Å². The number of methoxy groups -OCH3 is 1. The number of carbonyl (C=O) groups is 1. The lowest BCUT2D eigenvalue weighted by Gasteiger charge is -2.04. The molecule has 0 aliphatic rings. The number of fused-ring (bicyclic) bond motifs is 1. The van der Waals surface area contributed by atoms with E-state index in [4.69, 9.17) is 10.5 Å². The number of hydrogen-bond donors (Lipinski definition) is 1. The van der Waals surface area contributed by atoms with Crippen molar-refractivity contribution in [3.05, 3.63) is 35.3 Å². The lowest BCUT2D eigenvalue weighted by molar-refractivity contribution is 0.0600. The molecule has 0 saturated heterocycles. The summed E-state index contributed by atoms with van der Waals surface area (Å²) in [6.07, 6.45) is 1.63. The molecule has 0 amide bonds. The zero-order valence-electron chi connectivity index (χ0n) is 10.0. The number of hydrogen-bond acceptors (Lipinski definition) is 6. The first-order valence-electron chi connectivity index (χ1n) is 5.47. The molecule has 0 unspecified atom stereocenters. The highest BCUT2D eigenvalue weighted by atomic mass is 32.1. The Morgan fingerprint density at radius 1 is 1.47 bits per heavy atom. The van der Waals surface area contributed by atoms with Gasteiger partial charge in [0, 0.05) is 6.20 Å². The molecule has 0 fully saturated rings. The van der Waals surface area contributed by atoms with Gasteiger partial charge in [0.15, 0.2) is 11.5 Å². The van der Waals surface area contributed by atoms with E-state index in [0.717, 1.165) is 4.88 Å². The minimum absolute atomic E-state index is 0.366. The molecule has 0 aliphatic heterocycles. The zero-order valence-corrected chi connectivity index (χ0v) is 10.8. The van der Waals surface area contributed by atoms with Gasteiger partial charge in [-0.1, -0.05) is 6.07 Å². The molecule has 0 spiro atoms. The first-order valence-corrected chi connectivity index (χ1v) is 6.35. The average molecular weight is 274 g/mol. The largest absolute Gasteiger partial charge is 0.465 e. The van der Waals surface area contributed by atoms with Gasteiger partial charge in [-0.3, -0.25) is 4.40 Å². The molecule has 6 nitrogen and oxygen atoms in total. The van der Waals surface area contributed by atoms with Gasteiger partial charge in [0.05, 0.1) is 23.2 Å². The normalized spacial score (nSPS) is 10.8. The molecule has 0 radical (unpaired) electrons. The highest BCUT2D eigenvalue weighted by Crippen LogP contribution is 2.25. The molecule has 3 heterocycles. The maximum Gasteiger partial charge on any atom is 0.339 e. The second kappa shape index (κ2) is 4.36. The van der Waals surface area contributed by atoms with Crippen molar-refractivity contribution in [1.82, 2.24) is 14.6 Å². The number of rotatable bonds is 2. The van der Waals surface area contributed by atoms with Gasteiger partial charge in [-0.2, -0.15) is 0 Å². The van der Waals surface area contributed by atoms with E-state index in [9.17, 15) is 4.79 Å². The zero-order chi connectivity index (χ0) is 13.4. The molecular weight excluding hydrogens is 264 g/mol. The van der Waals surface area contributed by atoms with Gasteiger partial charge < -0.3 is 10.5 Å². The van der Waals surface area contributed by atoms with Gasteiger partial charge in [-0.05, 0) is 17.5 Å². The van der Waals surface area contributed by atoms with E-state index in [1.807, 2.05) is 17.5 Å². The number of pyridine rings is 1. The molecule has 19 heavy (non-hydrogen) atoms. The van der Waals surface area contributed by atoms with E-state index in [-0.39, 0.29) is 0 Å². The molecule has 96 valence electrons. The van der Waals surface area contributed by atoms with Crippen molar-refractivity contribution < 1.29 is 9.53 Å². The molecule has 3 aromatic rings. The van der Waals surface area contributed by atoms with E-state index in [1.165, 1.54) is 13.2 Å². The summed E-state index contributed by atoms with van der Waals surface area (Å²) in [7, 11) is 1.33. The third-order valence-corrected chi connectivity index (χ3v) is 3.56. The number of anilines is 1. The first kappa shape index (κ1) is 11.7. The van der Waals surface area contributed by atoms with Gasteiger partial charge in [0.2, 0.25) is 0 Å². The van der Waals surface area contributed by atoms with Crippen molar-refractivity contribution in [3.63, 3.8) is 0 Å². The fourth-order valence-electron chi connectivity index (χ4n) is 1.82. The Labute approximate surface area is 112 Å². The summed E-state index contributed by atoms with van der Waals surface area (Å²) in [4.78, 5) is 12.6. The van der Waals surface area contributed by atoms with Crippen molar-refractivity contribution >= 4 is 28.6 Å². The Hall–Kier alpha value is -2.41. The fourth-order valence-corrected chi connectivity index (χ4v) is 2.53. The topological polar surface area (TPSA) is 82.5 Å². The number of nitrogen functional groups attached to an aromatic ring is 1. The standard InChI is InChI=1S/C12H10N4O2S/c1-18-12(17)7-5-8(13)10-14-15-11(16(10)6-7)9-3-2-4-19-9/h2-6H,13H2,1H3. The minimum atomic E-state index is -0.445. The molecule has 3 rings (SSSR count). The maximum absolute atomic E-state index is 11.6. The summed E-state index contributed by atoms with van der Waals surface area (Å²) < 4.78 is 6.40. The molecule has 0 atom stereocenters. The van der Waals surface area contributed by atoms with Crippen molar-refractivity contribution in [1.29, 1.82) is 0 Å². The Balaban J connectivity index is 2.26. The summed E-state index contributed by atoms with van der Waals surface area (Å²) in [6.45, 7) is 0. The summed E-state index contributed by atoms with van der Waals surface area (Å²) in [5.74, 6) is 0.210. The molecule has 0 aromatic carbocycles. The van der Waals surface area contributed by atoms with E-state index < -0.39 is 5.97 Å². The summed E-state index contributed by atoms with van der Waals surface area (Å²) in [6, 6.07) is 5.39. The van der Waals surface area contributed by atoms with Crippen LogP contribution in [0.4, 0.5) is 5.69 Å². The Morgan fingerprint density at radius 2 is 2.32 bits per heavy atom. The van der Waals surface area contributed by atoms with E-state index in [2.05, 4.69) is 10.2 Å². The van der Waals surface area contributed by atoms with Gasteiger partial charge in [0.1, 0.15) is 0 Å². The van der Waals surface area contributed by atoms with Crippen LogP contribution in [0.2, 0.25) is 0 Å². The molecule has 7 heteroatoms. The number of thiophene rings is 1. The van der Waals surface area contributed by atoms with E-state index in [0.29, 0.717) is 22.7 Å². The number of nitrogens with two attached hydrogens (primary N) is 1. The number of carbonyl (C=O) groups excluding carboxylic acids is 1. The predicted molar refractivity (Wildman–Crippen MR) is 72.1 cm³/mol. The quantitative estimate of drug-likeness (QED) is 0.721. The van der Waals surface area contributed by atoms with Crippen LogP contribution in [0.1, 0.15) is 10.4 Å². The predicted octanol–water partition coefficient (Wildman–Crippen LogP) is 1.83. The van der Waals surface area contributed by atoms with Crippen LogP contribution in [0.3, 0.4) is 0 Å². The van der Waals surface area contributed by atoms with Crippen LogP contribution < -0.4 is 5.73 Å². The van der Waals surface area contributed by atoms with Crippen LogP contribution in [0.25, 0.3) is 16.3 Å². The number of aromatic nitrogens is 3. The highest BCUT2D eigenvalue weighted by Gasteiger charge is 2.15. The molecule has 3 aromatic heterocycles. The van der Waals surface area contributed by atoms with Crippen LogP contribution in [0.15, 0.2) is 29.8 Å². The van der Waals surface area contributed by atoms with Gasteiger partial charge in [-0.15, -0.1) is 21.5 Å². The smallest absolute Gasteiger partial charge is 0.339 e. The molecule has 0 bridgehead atoms. The lowest BCUT2D eigenvalue weighted by Crippen LogP contribution is -2.05. The Kier molecular flexibility index (Phi) is 2.68. The molecule has 0 saturated carbocycles. The SMILES string of the molecule is COC(=O)c1cc(N)c2nnc(-c3cccs3)n2c1. The van der Waals surface area contributed by atoms with Crippen LogP contribution in [0.5, 0.6) is 0 Å². The summed E-state index contributed by atoms with van der Waals surface area (Å²) >= 11 is 1.54. The Bertz CT molecular complexity index is 749. The highest BCUT2D eigenvalue weighted by molar-refractivity contribution is 7.13. The number of ether oxygens (including phenoxy) is 1. The number of esters is 1. The van der Waals surface area contributed by atoms with Crippen LogP contribution in [-0.4, -0.2) is 27.7 Å².